The summed E-state index contributed by atoms with van der Waals surface area (Å²) in [6.07, 6.45) is 0.483. The number of aromatic nitrogens is 3. The molecule has 0 aliphatic carbocycles. The van der Waals surface area contributed by atoms with Gasteiger partial charge in [-0.1, -0.05) is 77.4 Å². The van der Waals surface area contributed by atoms with E-state index >= 15 is 0 Å². The van der Waals surface area contributed by atoms with Crippen LogP contribution in [0.2, 0.25) is 10.0 Å². The number of nitrogens with one attached hydrogen (secondary N) is 2. The van der Waals surface area contributed by atoms with Crippen LogP contribution in [0, 0.1) is 0 Å². The quantitative estimate of drug-likeness (QED) is 0.137. The monoisotopic (exact) mass is 498 g/mol. The van der Waals surface area contributed by atoms with Crippen LogP contribution in [0.1, 0.15) is 11.4 Å². The molecule has 3 aromatic carbocycles. The molecule has 0 radical (unpaired) electrons. The van der Waals surface area contributed by atoms with E-state index in [-0.39, 0.29) is 11.7 Å². The van der Waals surface area contributed by atoms with Crippen LogP contribution < -0.4 is 16.6 Å². The second-order valence-corrected chi connectivity index (χ2v) is 8.74. The normalized spacial score (nSPS) is 10.8. The molecule has 4 N–H and O–H groups in total. The maximum Gasteiger partial charge on any atom is 0.244 e. The fourth-order valence-corrected chi connectivity index (χ4v) is 4.51. The van der Waals surface area contributed by atoms with Gasteiger partial charge < -0.3 is 5.32 Å². The minimum atomic E-state index is -0.296. The molecule has 168 valence electrons. The summed E-state index contributed by atoms with van der Waals surface area (Å²) in [6.45, 7) is 0. The number of thioether (sulfide) groups is 1. The van der Waals surface area contributed by atoms with Crippen LogP contribution in [0.25, 0.3) is 5.69 Å². The predicted octanol–water partition coefficient (Wildman–Crippen LogP) is 4.99. The van der Waals surface area contributed by atoms with Gasteiger partial charge in [-0.3, -0.25) is 14.8 Å². The molecule has 0 atom stereocenters. The van der Waals surface area contributed by atoms with E-state index < -0.39 is 0 Å². The van der Waals surface area contributed by atoms with E-state index in [0.717, 1.165) is 22.8 Å². The summed E-state index contributed by atoms with van der Waals surface area (Å²) < 4.78 is 1.94. The topological polar surface area (TPSA) is 97.9 Å². The van der Waals surface area contributed by atoms with Gasteiger partial charge in [0.2, 0.25) is 5.91 Å². The van der Waals surface area contributed by atoms with Crippen LogP contribution in [-0.4, -0.2) is 26.4 Å². The molecular weight excluding hydrogens is 479 g/mol. The van der Waals surface area contributed by atoms with Crippen molar-refractivity contribution in [2.24, 2.45) is 5.84 Å². The molecule has 1 aromatic heterocycles. The van der Waals surface area contributed by atoms with Gasteiger partial charge in [0.15, 0.2) is 5.16 Å². The zero-order chi connectivity index (χ0) is 23.2. The Kier molecular flexibility index (Phi) is 7.51. The zero-order valence-electron chi connectivity index (χ0n) is 17.3. The van der Waals surface area contributed by atoms with Crippen LogP contribution in [0.4, 0.5) is 11.4 Å². The number of nitrogens with zero attached hydrogens (tertiary/aromatic N) is 3. The fraction of sp³-hybridized carbons (Fsp3) is 0.0870. The van der Waals surface area contributed by atoms with E-state index in [4.69, 9.17) is 29.0 Å². The number of carbonyl (C=O) groups is 1. The molecule has 0 bridgehead atoms. The van der Waals surface area contributed by atoms with Crippen molar-refractivity contribution in [3.8, 4) is 5.69 Å². The highest BCUT2D eigenvalue weighted by Gasteiger charge is 2.18. The van der Waals surface area contributed by atoms with Gasteiger partial charge in [0.1, 0.15) is 5.82 Å². The lowest BCUT2D eigenvalue weighted by molar-refractivity contribution is -0.118. The Morgan fingerprint density at radius 1 is 0.939 bits per heavy atom. The van der Waals surface area contributed by atoms with Crippen molar-refractivity contribution < 1.29 is 4.79 Å². The fourth-order valence-electron chi connectivity index (χ4n) is 3.24. The lowest BCUT2D eigenvalue weighted by atomic mass is 10.1. The Morgan fingerprint density at radius 2 is 1.64 bits per heavy atom. The van der Waals surface area contributed by atoms with Gasteiger partial charge in [0.25, 0.3) is 0 Å². The van der Waals surface area contributed by atoms with E-state index in [1.54, 1.807) is 18.2 Å². The summed E-state index contributed by atoms with van der Waals surface area (Å²) in [7, 11) is 0. The first kappa shape index (κ1) is 23.1. The molecule has 0 fully saturated rings. The van der Waals surface area contributed by atoms with Crippen molar-refractivity contribution in [1.82, 2.24) is 20.2 Å². The molecule has 0 saturated heterocycles. The second kappa shape index (κ2) is 10.7. The van der Waals surface area contributed by atoms with E-state index in [0.29, 0.717) is 27.3 Å². The first-order valence-corrected chi connectivity index (χ1v) is 11.7. The molecule has 0 aliphatic heterocycles. The molecule has 0 aliphatic rings. The molecule has 4 aromatic rings. The Bertz CT molecular complexity index is 1240. The largest absolute Gasteiger partial charge is 0.353 e. The number of amides is 1. The maximum atomic E-state index is 11.7. The number of para-hydroxylation sites is 3. The molecule has 1 amide bonds. The SMILES string of the molecule is NNC(=O)CSc1nnc(Cc2ccccc2Nc2c(Cl)cccc2Cl)n1-c1ccccc1. The maximum absolute atomic E-state index is 11.7. The number of hydrogen-bond acceptors (Lipinski definition) is 6. The van der Waals surface area contributed by atoms with Gasteiger partial charge in [-0.25, -0.2) is 5.84 Å². The summed E-state index contributed by atoms with van der Waals surface area (Å²) in [6, 6.07) is 23.0. The number of carbonyl (C=O) groups excluding carboxylic acids is 1. The molecule has 1 heterocycles. The van der Waals surface area contributed by atoms with E-state index in [1.807, 2.05) is 59.2 Å². The Labute approximate surface area is 205 Å². The van der Waals surface area contributed by atoms with E-state index in [9.17, 15) is 4.79 Å². The standard InChI is InChI=1S/C23H20Cl2N6OS/c24-17-10-6-11-18(25)22(17)27-19-12-5-4-7-15(19)13-20-29-30-23(33-14-21(32)28-26)31(20)16-8-2-1-3-9-16/h1-12,27H,13-14,26H2,(H,28,32). The lowest BCUT2D eigenvalue weighted by Gasteiger charge is -2.15. The predicted molar refractivity (Wildman–Crippen MR) is 133 cm³/mol. The third kappa shape index (κ3) is 5.48. The van der Waals surface area contributed by atoms with Gasteiger partial charge >= 0.3 is 0 Å². The molecule has 0 spiro atoms. The smallest absolute Gasteiger partial charge is 0.244 e. The summed E-state index contributed by atoms with van der Waals surface area (Å²) in [4.78, 5) is 11.7. The highest BCUT2D eigenvalue weighted by atomic mass is 35.5. The van der Waals surface area contributed by atoms with Crippen molar-refractivity contribution in [3.05, 3.63) is 94.2 Å². The molecule has 7 nitrogen and oxygen atoms in total. The van der Waals surface area contributed by atoms with Crippen LogP contribution in [0.3, 0.4) is 0 Å². The second-order valence-electron chi connectivity index (χ2n) is 6.98. The first-order valence-electron chi connectivity index (χ1n) is 9.97. The van der Waals surface area contributed by atoms with Crippen LogP contribution in [0.15, 0.2) is 78.0 Å². The van der Waals surface area contributed by atoms with Crippen molar-refractivity contribution >= 4 is 52.2 Å². The summed E-state index contributed by atoms with van der Waals surface area (Å²) >= 11 is 14.0. The number of rotatable bonds is 8. The number of halogens is 2. The highest BCUT2D eigenvalue weighted by Crippen LogP contribution is 2.34. The van der Waals surface area contributed by atoms with Crippen LogP contribution in [-0.2, 0) is 11.2 Å². The van der Waals surface area contributed by atoms with Crippen molar-refractivity contribution in [2.45, 2.75) is 11.6 Å². The van der Waals surface area contributed by atoms with Gasteiger partial charge in [-0.2, -0.15) is 0 Å². The minimum absolute atomic E-state index is 0.130. The average molecular weight is 499 g/mol. The number of benzene rings is 3. The molecule has 10 heteroatoms. The molecular formula is C23H20Cl2N6OS. The summed E-state index contributed by atoms with van der Waals surface area (Å²) in [5.74, 6) is 5.76. The third-order valence-corrected chi connectivity index (χ3v) is 6.36. The molecule has 0 saturated carbocycles. The lowest BCUT2D eigenvalue weighted by Crippen LogP contribution is -2.31. The van der Waals surface area contributed by atoms with E-state index in [1.165, 1.54) is 11.8 Å². The number of nitrogens with two attached hydrogens (primary N) is 1. The Balaban J connectivity index is 1.69. The van der Waals surface area contributed by atoms with Gasteiger partial charge in [-0.05, 0) is 35.9 Å². The number of hydrogen-bond donors (Lipinski definition) is 3. The third-order valence-electron chi connectivity index (χ3n) is 4.80. The Hall–Kier alpha value is -3.04. The van der Waals surface area contributed by atoms with E-state index in [2.05, 4.69) is 20.9 Å². The summed E-state index contributed by atoms with van der Waals surface area (Å²) in [5, 5.41) is 13.8. The Morgan fingerprint density at radius 3 is 2.36 bits per heavy atom. The molecule has 33 heavy (non-hydrogen) atoms. The zero-order valence-corrected chi connectivity index (χ0v) is 19.7. The minimum Gasteiger partial charge on any atom is -0.353 e. The van der Waals surface area contributed by atoms with Crippen molar-refractivity contribution in [1.29, 1.82) is 0 Å². The van der Waals surface area contributed by atoms with Gasteiger partial charge in [0.05, 0.1) is 21.5 Å². The number of anilines is 2. The van der Waals surface area contributed by atoms with Gasteiger partial charge in [-0.15, -0.1) is 10.2 Å². The van der Waals surface area contributed by atoms with Gasteiger partial charge in [0, 0.05) is 17.8 Å². The average Bonchev–Trinajstić information content (AvgIpc) is 3.23. The highest BCUT2D eigenvalue weighted by molar-refractivity contribution is 7.99. The number of hydrazine groups is 1. The van der Waals surface area contributed by atoms with Crippen molar-refractivity contribution in [3.63, 3.8) is 0 Å². The first-order chi connectivity index (χ1) is 16.1. The van der Waals surface area contributed by atoms with Crippen LogP contribution in [0.5, 0.6) is 0 Å². The summed E-state index contributed by atoms with van der Waals surface area (Å²) in [5.41, 5.74) is 5.50. The molecule has 4 rings (SSSR count). The van der Waals surface area contributed by atoms with Crippen molar-refractivity contribution in [2.75, 3.05) is 11.1 Å². The van der Waals surface area contributed by atoms with Crippen LogP contribution >= 0.6 is 35.0 Å². The molecule has 0 unspecified atom stereocenters.